The Morgan fingerprint density at radius 1 is 1.22 bits per heavy atom. The summed E-state index contributed by atoms with van der Waals surface area (Å²) in [5, 5.41) is 4.46. The van der Waals surface area contributed by atoms with E-state index >= 15 is 0 Å². The first-order valence-corrected chi connectivity index (χ1v) is 10.4. The van der Waals surface area contributed by atoms with Crippen molar-refractivity contribution in [3.8, 4) is 5.75 Å². The number of carbonyl (C=O) groups is 1. The number of fused-ring (bicyclic) bond motifs is 2. The first-order valence-electron chi connectivity index (χ1n) is 8.70. The van der Waals surface area contributed by atoms with E-state index in [1.165, 1.54) is 4.70 Å². The maximum atomic E-state index is 11.2. The zero-order valence-corrected chi connectivity index (χ0v) is 16.4. The number of rotatable bonds is 5. The van der Waals surface area contributed by atoms with Crippen LogP contribution >= 0.6 is 11.3 Å². The number of aromatic nitrogens is 1. The van der Waals surface area contributed by atoms with Crippen molar-refractivity contribution in [2.45, 2.75) is 25.7 Å². The number of hydrogen-bond acceptors (Lipinski definition) is 5. The number of amides is 1. The van der Waals surface area contributed by atoms with E-state index in [-0.39, 0.29) is 5.91 Å². The first-order chi connectivity index (χ1) is 13.3. The molecular weight excluding hydrogens is 380 g/mol. The fraction of sp³-hybridized carbons (Fsp3) is 0.250. The van der Waals surface area contributed by atoms with Gasteiger partial charge in [-0.2, -0.15) is 0 Å². The van der Waals surface area contributed by atoms with E-state index in [2.05, 4.69) is 16.4 Å². The molecule has 1 N–H and O–H groups in total. The highest BCUT2D eigenvalue weighted by Crippen LogP contribution is 2.26. The zero-order valence-electron chi connectivity index (χ0n) is 14.7. The topological polar surface area (TPSA) is 68.3 Å². The number of nitrogens with zero attached hydrogens (tertiary/aromatic N) is 1. The second-order valence-electron chi connectivity index (χ2n) is 5.94. The second kappa shape index (κ2) is 9.99. The third-order valence-corrected chi connectivity index (χ3v) is 5.19. The fourth-order valence-electron chi connectivity index (χ4n) is 2.66. The van der Waals surface area contributed by atoms with E-state index in [1.54, 1.807) is 16.7 Å². The van der Waals surface area contributed by atoms with Crippen LogP contribution in [0.3, 0.4) is 0 Å². The Labute approximate surface area is 165 Å². The lowest BCUT2D eigenvalue weighted by Gasteiger charge is -2.17. The summed E-state index contributed by atoms with van der Waals surface area (Å²) in [4.78, 5) is 15.3. The Bertz CT molecular complexity index is 935. The number of nitrogens with one attached hydrogen (secondary N) is 1. The highest BCUT2D eigenvalue weighted by Gasteiger charge is 2.14. The molecule has 140 valence electrons. The van der Waals surface area contributed by atoms with Crippen molar-refractivity contribution in [3.05, 3.63) is 53.5 Å². The van der Waals surface area contributed by atoms with Crippen molar-refractivity contribution in [2.24, 2.45) is 0 Å². The van der Waals surface area contributed by atoms with E-state index in [0.29, 0.717) is 24.3 Å². The van der Waals surface area contributed by atoms with E-state index < -0.39 is 0 Å². The number of carbonyl (C=O) groups excluding carboxylic acids is 1. The van der Waals surface area contributed by atoms with Gasteiger partial charge in [0, 0.05) is 17.5 Å². The van der Waals surface area contributed by atoms with Gasteiger partial charge in [-0.3, -0.25) is 4.79 Å². The number of benzene rings is 2. The van der Waals surface area contributed by atoms with Gasteiger partial charge in [-0.1, -0.05) is 12.1 Å². The van der Waals surface area contributed by atoms with Crippen molar-refractivity contribution in [1.82, 2.24) is 4.98 Å². The number of unbranched alkanes of at least 4 members (excludes halogenated alkanes) is 1. The van der Waals surface area contributed by atoms with Gasteiger partial charge < -0.3 is 10.1 Å². The second-order valence-corrected chi connectivity index (χ2v) is 7.35. The van der Waals surface area contributed by atoms with E-state index in [9.17, 15) is 9.00 Å². The van der Waals surface area contributed by atoms with Gasteiger partial charge in [-0.15, -0.1) is 11.3 Å². The summed E-state index contributed by atoms with van der Waals surface area (Å²) in [7, 11) is 0. The molecule has 1 amide bonds. The number of ether oxygens (including phenoxy) is 1. The van der Waals surface area contributed by atoms with Gasteiger partial charge in [-0.25, -0.2) is 9.19 Å². The average Bonchev–Trinajstić information content (AvgIpc) is 3.17. The molecule has 4 rings (SSSR count). The van der Waals surface area contributed by atoms with E-state index in [0.717, 1.165) is 41.8 Å². The molecule has 27 heavy (non-hydrogen) atoms. The van der Waals surface area contributed by atoms with Crippen molar-refractivity contribution in [1.29, 1.82) is 0 Å². The van der Waals surface area contributed by atoms with Gasteiger partial charge >= 0.3 is 0 Å². The minimum atomic E-state index is 0.0711. The van der Waals surface area contributed by atoms with Crippen LogP contribution in [0.1, 0.15) is 24.8 Å². The largest absolute Gasteiger partial charge is 0.494 e. The molecule has 1 aromatic heterocycles. The summed E-state index contributed by atoms with van der Waals surface area (Å²) < 4.78 is 17.0. The lowest BCUT2D eigenvalue weighted by Crippen LogP contribution is -2.18. The molecule has 0 saturated heterocycles. The van der Waals surface area contributed by atoms with Crippen LogP contribution in [0.25, 0.3) is 10.2 Å². The van der Waals surface area contributed by atoms with Crippen LogP contribution in [-0.2, 0) is 22.5 Å². The molecule has 1 aliphatic heterocycles. The number of anilines is 1. The van der Waals surface area contributed by atoms with Crippen molar-refractivity contribution in [3.63, 3.8) is 0 Å². The quantitative estimate of drug-likeness (QED) is 0.518. The molecule has 3 aromatic rings. The number of thiazole rings is 1. The Morgan fingerprint density at radius 3 is 2.96 bits per heavy atom. The molecule has 0 fully saturated rings. The summed E-state index contributed by atoms with van der Waals surface area (Å²) in [6.07, 6.45) is 2.89. The molecular formula is C20H20N2O3S2. The SMILES string of the molecule is O=S=CCCCOc1ccc2c(c1)CCC(=O)N2.c1ccc2scnc2c1. The maximum absolute atomic E-state index is 11.2. The Balaban J connectivity index is 0.000000193. The highest BCUT2D eigenvalue weighted by atomic mass is 32.1. The summed E-state index contributed by atoms with van der Waals surface area (Å²) in [5.41, 5.74) is 4.97. The lowest BCUT2D eigenvalue weighted by molar-refractivity contribution is -0.116. The fourth-order valence-corrected chi connectivity index (χ4v) is 3.60. The van der Waals surface area contributed by atoms with Crippen molar-refractivity contribution in [2.75, 3.05) is 11.9 Å². The molecule has 2 heterocycles. The first kappa shape index (κ1) is 19.3. The van der Waals surface area contributed by atoms with Crippen molar-refractivity contribution < 1.29 is 13.7 Å². The molecule has 0 radical (unpaired) electrons. The van der Waals surface area contributed by atoms with Crippen LogP contribution in [0, 0.1) is 0 Å². The van der Waals surface area contributed by atoms with Crippen LogP contribution in [0.4, 0.5) is 5.69 Å². The predicted molar refractivity (Wildman–Crippen MR) is 112 cm³/mol. The summed E-state index contributed by atoms with van der Waals surface area (Å²) in [5.74, 6) is 0.890. The Kier molecular flexibility index (Phi) is 7.12. The Hall–Kier alpha value is -2.51. The molecule has 1 aliphatic rings. The van der Waals surface area contributed by atoms with E-state index in [4.69, 9.17) is 4.74 Å². The van der Waals surface area contributed by atoms with Gasteiger partial charge in [0.25, 0.3) is 0 Å². The third-order valence-electron chi connectivity index (χ3n) is 4.01. The molecule has 7 heteroatoms. The molecule has 5 nitrogen and oxygen atoms in total. The Morgan fingerprint density at radius 2 is 2.11 bits per heavy atom. The van der Waals surface area contributed by atoms with Crippen LogP contribution in [0.2, 0.25) is 0 Å². The monoisotopic (exact) mass is 400 g/mol. The van der Waals surface area contributed by atoms with Gasteiger partial charge in [0.05, 0.1) is 33.6 Å². The predicted octanol–water partition coefficient (Wildman–Crippen LogP) is 4.04. The van der Waals surface area contributed by atoms with Gasteiger partial charge in [0.1, 0.15) is 5.75 Å². The zero-order chi connectivity index (χ0) is 18.9. The minimum absolute atomic E-state index is 0.0711. The lowest BCUT2D eigenvalue weighted by atomic mass is 10.0. The standard InChI is InChI=1S/C13H15NO3S.C7H5NS/c15-13-6-3-10-9-11(4-5-12(10)14-13)17-7-1-2-8-18-16;1-2-4-7-6(3-1)8-5-9-7/h4-5,8-9H,1-3,6-7H2,(H,14,15);1-5H. The van der Waals surface area contributed by atoms with Gasteiger partial charge in [0.2, 0.25) is 5.91 Å². The van der Waals surface area contributed by atoms with Gasteiger partial charge in [-0.05, 0) is 55.2 Å². The van der Waals surface area contributed by atoms with Gasteiger partial charge in [0.15, 0.2) is 0 Å². The number of aryl methyl sites for hydroxylation is 1. The number of hydrogen-bond donors (Lipinski definition) is 1. The highest BCUT2D eigenvalue weighted by molar-refractivity contribution is 7.64. The molecule has 0 spiro atoms. The molecule has 0 aliphatic carbocycles. The normalized spacial score (nSPS) is 12.4. The molecule has 0 atom stereocenters. The summed E-state index contributed by atoms with van der Waals surface area (Å²) in [6.45, 7) is 0.599. The summed E-state index contributed by atoms with van der Waals surface area (Å²) >= 11 is 2.17. The molecule has 0 saturated carbocycles. The molecule has 0 unspecified atom stereocenters. The van der Waals surface area contributed by atoms with Crippen LogP contribution in [0.5, 0.6) is 5.75 Å². The van der Waals surface area contributed by atoms with Crippen LogP contribution in [0.15, 0.2) is 48.0 Å². The van der Waals surface area contributed by atoms with E-state index in [1.807, 2.05) is 41.9 Å². The van der Waals surface area contributed by atoms with Crippen LogP contribution < -0.4 is 10.1 Å². The summed E-state index contributed by atoms with van der Waals surface area (Å²) in [6, 6.07) is 13.8. The third kappa shape index (κ3) is 5.74. The molecule has 0 bridgehead atoms. The number of para-hydroxylation sites is 1. The smallest absolute Gasteiger partial charge is 0.224 e. The van der Waals surface area contributed by atoms with Crippen molar-refractivity contribution >= 4 is 49.8 Å². The van der Waals surface area contributed by atoms with Crippen LogP contribution in [-0.4, -0.2) is 27.1 Å². The maximum Gasteiger partial charge on any atom is 0.224 e. The average molecular weight is 401 g/mol. The minimum Gasteiger partial charge on any atom is -0.494 e. The molecule has 2 aromatic carbocycles.